The molecule has 1 fully saturated rings. The summed E-state index contributed by atoms with van der Waals surface area (Å²) in [5.74, 6) is 0. The third-order valence-electron chi connectivity index (χ3n) is 3.61. The minimum absolute atomic E-state index is 0.0441. The second kappa shape index (κ2) is 5.44. The quantitative estimate of drug-likeness (QED) is 0.868. The summed E-state index contributed by atoms with van der Waals surface area (Å²) in [6, 6.07) is 1.50. The van der Waals surface area contributed by atoms with E-state index >= 15 is 0 Å². The van der Waals surface area contributed by atoms with Crippen molar-refractivity contribution < 1.29 is 8.42 Å². The monoisotopic (exact) mass is 284 g/mol. The molecule has 1 aromatic rings. The molecule has 0 unspecified atom stereocenters. The number of rotatable bonds is 3. The van der Waals surface area contributed by atoms with Crippen LogP contribution in [0.5, 0.6) is 0 Å². The number of aromatic nitrogens is 1. The molecular formula is C12H20N4O2S. The number of likely N-dealkylation sites (tertiary alicyclic amines) is 1. The highest BCUT2D eigenvalue weighted by Gasteiger charge is 2.30. The Hall–Kier alpha value is -1.18. The molecule has 7 heteroatoms. The zero-order valence-electron chi connectivity index (χ0n) is 11.3. The Morgan fingerprint density at radius 3 is 2.58 bits per heavy atom. The van der Waals surface area contributed by atoms with E-state index in [1.54, 1.807) is 7.05 Å². The molecule has 1 saturated heterocycles. The molecule has 0 aromatic carbocycles. The highest BCUT2D eigenvalue weighted by atomic mass is 32.2. The van der Waals surface area contributed by atoms with Crippen LogP contribution >= 0.6 is 0 Å². The molecule has 2 heterocycles. The maximum absolute atomic E-state index is 12.5. The van der Waals surface area contributed by atoms with Gasteiger partial charge in [0.05, 0.1) is 5.69 Å². The number of piperidine rings is 1. The van der Waals surface area contributed by atoms with Crippen molar-refractivity contribution in [1.82, 2.24) is 14.2 Å². The van der Waals surface area contributed by atoms with E-state index in [0.717, 1.165) is 25.9 Å². The lowest BCUT2D eigenvalue weighted by molar-refractivity contribution is 0.197. The highest BCUT2D eigenvalue weighted by Crippen LogP contribution is 2.22. The molecule has 0 aliphatic carbocycles. The largest absolute Gasteiger partial charge is 0.397 e. The fourth-order valence-corrected chi connectivity index (χ4v) is 3.71. The van der Waals surface area contributed by atoms with Gasteiger partial charge in [-0.05, 0) is 39.0 Å². The fraction of sp³-hybridized carbons (Fsp3) is 0.583. The lowest BCUT2D eigenvalue weighted by Gasteiger charge is -2.34. The molecule has 0 amide bonds. The van der Waals surface area contributed by atoms with Gasteiger partial charge in [0.25, 0.3) is 0 Å². The third-order valence-corrected chi connectivity index (χ3v) is 5.49. The molecule has 2 rings (SSSR count). The number of anilines is 1. The summed E-state index contributed by atoms with van der Waals surface area (Å²) in [5, 5.41) is 0. The van der Waals surface area contributed by atoms with Gasteiger partial charge in [-0.15, -0.1) is 0 Å². The second-order valence-corrected chi connectivity index (χ2v) is 7.01. The van der Waals surface area contributed by atoms with Crippen molar-refractivity contribution in [1.29, 1.82) is 0 Å². The average Bonchev–Trinajstić information content (AvgIpc) is 2.39. The molecule has 1 aliphatic heterocycles. The summed E-state index contributed by atoms with van der Waals surface area (Å²) in [5.41, 5.74) is 5.96. The van der Waals surface area contributed by atoms with Crippen molar-refractivity contribution in [2.24, 2.45) is 0 Å². The van der Waals surface area contributed by atoms with Gasteiger partial charge in [-0.2, -0.15) is 4.31 Å². The number of nitrogen functional groups attached to an aromatic ring is 1. The number of nitrogens with zero attached hydrogens (tertiary/aromatic N) is 3. The SMILES string of the molecule is CN1CCC(N(C)S(=O)(=O)c2cncc(N)c2)CC1. The van der Waals surface area contributed by atoms with Crippen LogP contribution in [0.2, 0.25) is 0 Å². The summed E-state index contributed by atoms with van der Waals surface area (Å²) < 4.78 is 26.4. The standard InChI is InChI=1S/C12H20N4O2S/c1-15-5-3-11(4-6-15)16(2)19(17,18)12-7-10(13)8-14-9-12/h7-9,11H,3-6,13H2,1-2H3. The summed E-state index contributed by atoms with van der Waals surface area (Å²) in [6.45, 7) is 1.83. The van der Waals surface area contributed by atoms with Crippen LogP contribution in [0.15, 0.2) is 23.4 Å². The van der Waals surface area contributed by atoms with Gasteiger partial charge in [0.1, 0.15) is 4.90 Å². The Morgan fingerprint density at radius 2 is 2.00 bits per heavy atom. The van der Waals surface area contributed by atoms with Crippen LogP contribution in [0.3, 0.4) is 0 Å². The zero-order valence-corrected chi connectivity index (χ0v) is 12.1. The minimum atomic E-state index is -3.51. The van der Waals surface area contributed by atoms with E-state index < -0.39 is 10.0 Å². The number of sulfonamides is 1. The van der Waals surface area contributed by atoms with E-state index in [1.807, 2.05) is 7.05 Å². The van der Waals surface area contributed by atoms with Gasteiger partial charge in [-0.25, -0.2) is 8.42 Å². The molecule has 0 atom stereocenters. The normalized spacial score (nSPS) is 18.9. The lowest BCUT2D eigenvalue weighted by Crippen LogP contribution is -2.44. The van der Waals surface area contributed by atoms with E-state index in [9.17, 15) is 8.42 Å². The van der Waals surface area contributed by atoms with Crippen LogP contribution in [0.4, 0.5) is 5.69 Å². The van der Waals surface area contributed by atoms with E-state index in [-0.39, 0.29) is 10.9 Å². The highest BCUT2D eigenvalue weighted by molar-refractivity contribution is 7.89. The molecule has 0 saturated carbocycles. The molecule has 1 aromatic heterocycles. The van der Waals surface area contributed by atoms with Crippen LogP contribution in [0.1, 0.15) is 12.8 Å². The second-order valence-electron chi connectivity index (χ2n) is 5.01. The molecule has 0 bridgehead atoms. The number of nitrogens with two attached hydrogens (primary N) is 1. The Bertz CT molecular complexity index is 538. The first-order chi connectivity index (χ1) is 8.91. The van der Waals surface area contributed by atoms with Crippen LogP contribution in [-0.4, -0.2) is 55.8 Å². The Morgan fingerprint density at radius 1 is 1.37 bits per heavy atom. The lowest BCUT2D eigenvalue weighted by atomic mass is 10.1. The summed E-state index contributed by atoms with van der Waals surface area (Å²) in [7, 11) is 0.175. The van der Waals surface area contributed by atoms with Crippen molar-refractivity contribution in [3.63, 3.8) is 0 Å². The first-order valence-corrected chi connectivity index (χ1v) is 7.72. The van der Waals surface area contributed by atoms with Crippen molar-refractivity contribution in [3.05, 3.63) is 18.5 Å². The average molecular weight is 284 g/mol. The molecule has 19 heavy (non-hydrogen) atoms. The van der Waals surface area contributed by atoms with Crippen LogP contribution in [-0.2, 0) is 10.0 Å². The maximum Gasteiger partial charge on any atom is 0.244 e. The van der Waals surface area contributed by atoms with E-state index in [2.05, 4.69) is 9.88 Å². The van der Waals surface area contributed by atoms with Gasteiger partial charge in [-0.3, -0.25) is 4.98 Å². The smallest absolute Gasteiger partial charge is 0.244 e. The number of hydrogen-bond acceptors (Lipinski definition) is 5. The van der Waals surface area contributed by atoms with Crippen molar-refractivity contribution in [3.8, 4) is 0 Å². The van der Waals surface area contributed by atoms with Crippen molar-refractivity contribution >= 4 is 15.7 Å². The fourth-order valence-electron chi connectivity index (χ4n) is 2.30. The van der Waals surface area contributed by atoms with Crippen molar-refractivity contribution in [2.45, 2.75) is 23.8 Å². The van der Waals surface area contributed by atoms with Crippen LogP contribution in [0.25, 0.3) is 0 Å². The predicted molar refractivity (Wildman–Crippen MR) is 74.1 cm³/mol. The Balaban J connectivity index is 2.20. The van der Waals surface area contributed by atoms with Gasteiger partial charge >= 0.3 is 0 Å². The minimum Gasteiger partial charge on any atom is -0.397 e. The molecular weight excluding hydrogens is 264 g/mol. The van der Waals surface area contributed by atoms with E-state index in [4.69, 9.17) is 5.73 Å². The van der Waals surface area contributed by atoms with E-state index in [0.29, 0.717) is 5.69 Å². The van der Waals surface area contributed by atoms with Crippen LogP contribution < -0.4 is 5.73 Å². The molecule has 106 valence electrons. The van der Waals surface area contributed by atoms with Gasteiger partial charge in [0.2, 0.25) is 10.0 Å². The third kappa shape index (κ3) is 3.05. The zero-order chi connectivity index (χ0) is 14.0. The first-order valence-electron chi connectivity index (χ1n) is 6.28. The summed E-state index contributed by atoms with van der Waals surface area (Å²) in [4.78, 5) is 6.22. The number of pyridine rings is 1. The topological polar surface area (TPSA) is 79.5 Å². The van der Waals surface area contributed by atoms with Gasteiger partial charge in [-0.1, -0.05) is 0 Å². The van der Waals surface area contributed by atoms with E-state index in [1.165, 1.54) is 22.8 Å². The van der Waals surface area contributed by atoms with Gasteiger partial charge in [0.15, 0.2) is 0 Å². The van der Waals surface area contributed by atoms with Gasteiger partial charge in [0, 0.05) is 25.5 Å². The predicted octanol–water partition coefficient (Wildman–Crippen LogP) is 0.378. The Kier molecular flexibility index (Phi) is 4.07. The maximum atomic E-state index is 12.5. The molecule has 2 N–H and O–H groups in total. The summed E-state index contributed by atoms with van der Waals surface area (Å²) in [6.07, 6.45) is 4.48. The van der Waals surface area contributed by atoms with Crippen LogP contribution in [0, 0.1) is 0 Å². The molecule has 6 nitrogen and oxygen atoms in total. The molecule has 0 radical (unpaired) electrons. The van der Waals surface area contributed by atoms with Gasteiger partial charge < -0.3 is 10.6 Å². The Labute approximate surface area is 114 Å². The summed E-state index contributed by atoms with van der Waals surface area (Å²) >= 11 is 0. The molecule has 0 spiro atoms. The van der Waals surface area contributed by atoms with Crippen molar-refractivity contribution in [2.75, 3.05) is 32.9 Å². The number of hydrogen-bond donors (Lipinski definition) is 1. The first kappa shape index (κ1) is 14.2. The molecule has 1 aliphatic rings.